The molecule has 0 rings (SSSR count). The van der Waals surface area contributed by atoms with Crippen LogP contribution >= 0.6 is 0 Å². The Morgan fingerprint density at radius 3 is 1.64 bits per heavy atom. The van der Waals surface area contributed by atoms with Crippen LogP contribution in [-0.2, 0) is 14.6 Å². The highest BCUT2D eigenvalue weighted by Crippen LogP contribution is 2.14. The molecule has 1 N–H and O–H groups in total. The largest absolute Gasteiger partial charge is 0.397 e. The maximum absolute atomic E-state index is 10.4. The van der Waals surface area contributed by atoms with Gasteiger partial charge in [0, 0.05) is 0 Å². The molecule has 0 spiro atoms. The average Bonchev–Trinajstić information content (AvgIpc) is 2.45. The summed E-state index contributed by atoms with van der Waals surface area (Å²) in [6.07, 6.45) is 16.8. The van der Waals surface area contributed by atoms with E-state index in [0.717, 1.165) is 12.8 Å². The van der Waals surface area contributed by atoms with Crippen molar-refractivity contribution >= 4 is 10.4 Å². The van der Waals surface area contributed by atoms with Gasteiger partial charge < -0.3 is 0 Å². The minimum atomic E-state index is -4.27. The number of rotatable bonds is 16. The Morgan fingerprint density at radius 1 is 0.818 bits per heavy atom. The second-order valence-corrected chi connectivity index (χ2v) is 7.59. The summed E-state index contributed by atoms with van der Waals surface area (Å²) < 4.78 is 33.8. The highest BCUT2D eigenvalue weighted by Gasteiger charge is 2.08. The van der Waals surface area contributed by atoms with Crippen LogP contribution in [0.5, 0.6) is 0 Å². The maximum Gasteiger partial charge on any atom is 0.397 e. The van der Waals surface area contributed by atoms with Gasteiger partial charge in [0.15, 0.2) is 0 Å². The van der Waals surface area contributed by atoms with Crippen molar-refractivity contribution in [3.8, 4) is 0 Å². The molecule has 0 aromatic heterocycles. The van der Waals surface area contributed by atoms with Crippen LogP contribution in [0, 0.1) is 5.92 Å². The van der Waals surface area contributed by atoms with E-state index in [0.29, 0.717) is 0 Å². The van der Waals surface area contributed by atoms with E-state index < -0.39 is 10.4 Å². The quantitative estimate of drug-likeness (QED) is 0.297. The lowest BCUT2D eigenvalue weighted by atomic mass is 10.0. The van der Waals surface area contributed by atoms with Gasteiger partial charge in [-0.1, -0.05) is 90.9 Å². The Hall–Kier alpha value is -0.130. The molecule has 22 heavy (non-hydrogen) atoms. The molecule has 5 heteroatoms. The van der Waals surface area contributed by atoms with Gasteiger partial charge in [-0.25, -0.2) is 4.18 Å². The zero-order valence-corrected chi connectivity index (χ0v) is 15.4. The number of unbranched alkanes of at least 4 members (excludes halogenated alkanes) is 11. The fourth-order valence-corrected chi connectivity index (χ4v) is 3.02. The summed E-state index contributed by atoms with van der Waals surface area (Å²) in [5, 5.41) is 0. The predicted octanol–water partition coefficient (Wildman–Crippen LogP) is 5.53. The van der Waals surface area contributed by atoms with Crippen molar-refractivity contribution in [3.05, 3.63) is 0 Å². The topological polar surface area (TPSA) is 63.6 Å². The third-order valence-electron chi connectivity index (χ3n) is 4.05. The normalized spacial score (nSPS) is 13.4. The van der Waals surface area contributed by atoms with Gasteiger partial charge in [0.05, 0.1) is 6.61 Å². The molecule has 0 heterocycles. The van der Waals surface area contributed by atoms with Crippen LogP contribution in [0.3, 0.4) is 0 Å². The van der Waals surface area contributed by atoms with Crippen molar-refractivity contribution in [1.29, 1.82) is 0 Å². The first kappa shape index (κ1) is 21.9. The van der Waals surface area contributed by atoms with E-state index in [1.54, 1.807) is 0 Å². The second kappa shape index (κ2) is 14.5. The molecule has 0 aliphatic carbocycles. The van der Waals surface area contributed by atoms with Crippen LogP contribution in [0.2, 0.25) is 0 Å². The van der Waals surface area contributed by atoms with Gasteiger partial charge >= 0.3 is 10.4 Å². The minimum Gasteiger partial charge on any atom is -0.264 e. The van der Waals surface area contributed by atoms with Gasteiger partial charge in [0.25, 0.3) is 0 Å². The lowest BCUT2D eigenvalue weighted by Crippen LogP contribution is -2.11. The van der Waals surface area contributed by atoms with Gasteiger partial charge in [-0.2, -0.15) is 8.42 Å². The fraction of sp³-hybridized carbons (Fsp3) is 1.00. The Labute approximate surface area is 138 Å². The summed E-state index contributed by atoms with van der Waals surface area (Å²) in [5.74, 6) is 0.171. The minimum absolute atomic E-state index is 0.0802. The molecule has 0 radical (unpaired) electrons. The van der Waals surface area contributed by atoms with Crippen molar-refractivity contribution in [2.75, 3.05) is 6.61 Å². The first-order valence-corrected chi connectivity index (χ1v) is 10.4. The zero-order valence-electron chi connectivity index (χ0n) is 14.6. The number of hydrogen-bond acceptors (Lipinski definition) is 3. The molecule has 0 aromatic rings. The molecule has 0 aromatic carbocycles. The number of hydrogen-bond donors (Lipinski definition) is 1. The van der Waals surface area contributed by atoms with Gasteiger partial charge in [0.2, 0.25) is 0 Å². The summed E-state index contributed by atoms with van der Waals surface area (Å²) in [7, 11) is -4.27. The summed E-state index contributed by atoms with van der Waals surface area (Å²) in [6.45, 7) is 4.28. The highest BCUT2D eigenvalue weighted by molar-refractivity contribution is 7.80. The van der Waals surface area contributed by atoms with Crippen molar-refractivity contribution in [2.45, 2.75) is 97.3 Å². The predicted molar refractivity (Wildman–Crippen MR) is 92.4 cm³/mol. The molecular formula is C17H36O4S. The molecule has 0 saturated carbocycles. The van der Waals surface area contributed by atoms with E-state index in [1.165, 1.54) is 70.6 Å². The van der Waals surface area contributed by atoms with Crippen LogP contribution in [0.1, 0.15) is 97.3 Å². The lowest BCUT2D eigenvalue weighted by Gasteiger charge is -2.09. The molecular weight excluding hydrogens is 300 g/mol. The van der Waals surface area contributed by atoms with E-state index in [9.17, 15) is 8.42 Å². The van der Waals surface area contributed by atoms with Gasteiger partial charge in [-0.15, -0.1) is 0 Å². The van der Waals surface area contributed by atoms with Crippen molar-refractivity contribution in [1.82, 2.24) is 0 Å². The van der Waals surface area contributed by atoms with Crippen LogP contribution in [-0.4, -0.2) is 19.6 Å². The molecule has 0 aliphatic heterocycles. The zero-order chi connectivity index (χ0) is 16.7. The van der Waals surface area contributed by atoms with Gasteiger partial charge in [-0.05, 0) is 12.3 Å². The second-order valence-electron chi connectivity index (χ2n) is 6.50. The summed E-state index contributed by atoms with van der Waals surface area (Å²) in [6, 6.07) is 0. The van der Waals surface area contributed by atoms with Crippen molar-refractivity contribution < 1.29 is 17.2 Å². The molecule has 4 nitrogen and oxygen atoms in total. The van der Waals surface area contributed by atoms with E-state index >= 15 is 0 Å². The highest BCUT2D eigenvalue weighted by atomic mass is 32.3. The third kappa shape index (κ3) is 17.9. The Balaban J connectivity index is 3.20. The molecule has 134 valence electrons. The SMILES string of the molecule is CCCCCCCCCCCCCCC(C)COS(=O)(=O)O. The molecule has 0 fully saturated rings. The smallest absolute Gasteiger partial charge is 0.264 e. The van der Waals surface area contributed by atoms with Crippen LogP contribution < -0.4 is 0 Å². The molecule has 1 atom stereocenters. The Bertz CT molecular complexity index is 328. The molecule has 0 saturated heterocycles. The third-order valence-corrected chi connectivity index (χ3v) is 4.49. The van der Waals surface area contributed by atoms with Crippen molar-refractivity contribution in [3.63, 3.8) is 0 Å². The summed E-state index contributed by atoms with van der Waals surface area (Å²) in [5.41, 5.74) is 0. The molecule has 0 aliphatic rings. The standard InChI is InChI=1S/C17H36O4S/c1-3-4-5-6-7-8-9-10-11-12-13-14-15-17(2)16-21-22(18,19)20/h17H,3-16H2,1-2H3,(H,18,19,20). The summed E-state index contributed by atoms with van der Waals surface area (Å²) >= 11 is 0. The molecule has 0 bridgehead atoms. The molecule has 1 unspecified atom stereocenters. The van der Waals surface area contributed by atoms with E-state index in [1.807, 2.05) is 6.92 Å². The average molecular weight is 337 g/mol. The first-order chi connectivity index (χ1) is 10.5. The van der Waals surface area contributed by atoms with Crippen LogP contribution in [0.25, 0.3) is 0 Å². The van der Waals surface area contributed by atoms with Gasteiger partial charge in [0.1, 0.15) is 0 Å². The summed E-state index contributed by atoms with van der Waals surface area (Å²) in [4.78, 5) is 0. The van der Waals surface area contributed by atoms with E-state index in [2.05, 4.69) is 11.1 Å². The van der Waals surface area contributed by atoms with Crippen molar-refractivity contribution in [2.24, 2.45) is 5.92 Å². The van der Waals surface area contributed by atoms with E-state index in [-0.39, 0.29) is 12.5 Å². The van der Waals surface area contributed by atoms with E-state index in [4.69, 9.17) is 4.55 Å². The van der Waals surface area contributed by atoms with Crippen LogP contribution in [0.15, 0.2) is 0 Å². The monoisotopic (exact) mass is 336 g/mol. The Kier molecular flexibility index (Phi) is 14.4. The first-order valence-electron chi connectivity index (χ1n) is 9.07. The Morgan fingerprint density at radius 2 is 1.23 bits per heavy atom. The lowest BCUT2D eigenvalue weighted by molar-refractivity contribution is 0.222. The van der Waals surface area contributed by atoms with Gasteiger partial charge in [-0.3, -0.25) is 4.55 Å². The maximum atomic E-state index is 10.4. The fourth-order valence-electron chi connectivity index (χ4n) is 2.62. The molecule has 0 amide bonds. The van der Waals surface area contributed by atoms with Crippen LogP contribution in [0.4, 0.5) is 0 Å².